The van der Waals surface area contributed by atoms with Gasteiger partial charge in [0.05, 0.1) is 13.2 Å². The molecule has 0 spiro atoms. The Morgan fingerprint density at radius 3 is 2.83 bits per heavy atom. The summed E-state index contributed by atoms with van der Waals surface area (Å²) < 4.78 is 36.7. The Morgan fingerprint density at radius 1 is 1.57 bits per heavy atom. The summed E-state index contributed by atoms with van der Waals surface area (Å²) in [6.07, 6.45) is -0.327. The number of nitrogens with zero attached hydrogens (tertiary/aromatic N) is 2. The first-order valence-electron chi connectivity index (χ1n) is 9.33. The van der Waals surface area contributed by atoms with Gasteiger partial charge in [-0.1, -0.05) is 6.92 Å². The Kier molecular flexibility index (Phi) is 5.76. The summed E-state index contributed by atoms with van der Waals surface area (Å²) in [4.78, 5) is 3.36. The van der Waals surface area contributed by atoms with Crippen LogP contribution in [0, 0.1) is 6.57 Å². The molecule has 2 aliphatic rings. The van der Waals surface area contributed by atoms with E-state index in [2.05, 4.69) is 37.2 Å². The van der Waals surface area contributed by atoms with Gasteiger partial charge in [0, 0.05) is 18.7 Å². The lowest BCUT2D eigenvalue weighted by molar-refractivity contribution is -0.0341. The number of ether oxygens (including phenoxy) is 1. The van der Waals surface area contributed by atoms with Crippen LogP contribution in [0.25, 0.3) is 4.85 Å². The van der Waals surface area contributed by atoms with Crippen LogP contribution in [-0.4, -0.2) is 58.7 Å². The van der Waals surface area contributed by atoms with Gasteiger partial charge in [0.2, 0.25) is 6.54 Å². The molecule has 2 fully saturated rings. The van der Waals surface area contributed by atoms with E-state index >= 15 is 0 Å². The van der Waals surface area contributed by atoms with Crippen molar-refractivity contribution in [3.63, 3.8) is 0 Å². The molecule has 0 aliphatic carbocycles. The van der Waals surface area contributed by atoms with Crippen LogP contribution in [-0.2, 0) is 13.8 Å². The number of rotatable bonds is 8. The molecule has 5 nitrogen and oxygen atoms in total. The summed E-state index contributed by atoms with van der Waals surface area (Å²) in [5.74, 6) is 0. The van der Waals surface area contributed by atoms with Gasteiger partial charge in [0.1, 0.15) is 18.3 Å². The normalized spacial score (nSPS) is 38.9. The average Bonchev–Trinajstić information content (AvgIpc) is 2.94. The van der Waals surface area contributed by atoms with Gasteiger partial charge in [-0.3, -0.25) is 0 Å². The molecule has 0 aromatic rings. The minimum atomic E-state index is -1.38. The molecule has 0 N–H and O–H groups in total. The van der Waals surface area contributed by atoms with E-state index in [1.807, 2.05) is 6.92 Å². The zero-order chi connectivity index (χ0) is 18.8. The van der Waals surface area contributed by atoms with Crippen molar-refractivity contribution in [1.29, 1.82) is 0 Å². The molecule has 132 valence electrons. The summed E-state index contributed by atoms with van der Waals surface area (Å²) in [5.41, 5.74) is -0.745. The molecule has 2 bridgehead atoms. The molecular formula is C16H29N2O3PS. The Labute approximate surface area is 149 Å². The first-order valence-corrected chi connectivity index (χ1v) is 10.1. The minimum absolute atomic E-state index is 0.0757. The molecule has 0 aromatic carbocycles. The van der Waals surface area contributed by atoms with Crippen molar-refractivity contribution < 1.29 is 16.5 Å². The lowest BCUT2D eigenvalue weighted by Gasteiger charge is -2.38. The van der Waals surface area contributed by atoms with E-state index in [-0.39, 0.29) is 35.6 Å². The highest BCUT2D eigenvalue weighted by atomic mass is 32.2. The van der Waals surface area contributed by atoms with Gasteiger partial charge in [-0.05, 0) is 34.6 Å². The second kappa shape index (κ2) is 7.99. The molecule has 2 heterocycles. The quantitative estimate of drug-likeness (QED) is 0.371. The predicted molar refractivity (Wildman–Crippen MR) is 96.5 cm³/mol. The number of hydrogen-bond acceptors (Lipinski definition) is 5. The molecule has 0 saturated carbocycles. The van der Waals surface area contributed by atoms with Gasteiger partial charge in [-0.2, -0.15) is 0 Å². The van der Waals surface area contributed by atoms with Crippen molar-refractivity contribution in [3.8, 4) is 0 Å². The molecule has 6 atom stereocenters. The monoisotopic (exact) mass is 363 g/mol. The standard InChI is InChI=1S/C16H29N2O3PS/c1-11(2)18(12(3)4)22(20-9-8-17-7)21-15-14-10-19-16(15,6)13(5)23-14/h11-15H,8-10H2,1-6H3/t13-,14-,15-,16-,22?/m0/s1/i6D,10T/t10-,13+,14+,15+,16+,22?/m1. The van der Waals surface area contributed by atoms with E-state index in [1.54, 1.807) is 11.8 Å². The molecule has 7 heteroatoms. The van der Waals surface area contributed by atoms with Crippen molar-refractivity contribution in [3.05, 3.63) is 11.4 Å². The zero-order valence-electron chi connectivity index (χ0n) is 16.6. The third-order valence-corrected chi connectivity index (χ3v) is 7.70. The maximum Gasteiger partial charge on any atom is 0.259 e. The molecule has 2 aliphatic heterocycles. The van der Waals surface area contributed by atoms with Crippen LogP contribution in [0.3, 0.4) is 0 Å². The van der Waals surface area contributed by atoms with Gasteiger partial charge < -0.3 is 18.6 Å². The number of thioether (sulfide) groups is 1. The summed E-state index contributed by atoms with van der Waals surface area (Å²) in [6, 6.07) is 0.450. The third kappa shape index (κ3) is 4.03. The molecular weight excluding hydrogens is 331 g/mol. The number of hydrogen-bond donors (Lipinski definition) is 0. The van der Waals surface area contributed by atoms with Crippen LogP contribution in [0.1, 0.15) is 44.3 Å². The molecule has 0 aromatic heterocycles. The molecule has 1 unspecified atom stereocenters. The van der Waals surface area contributed by atoms with Gasteiger partial charge in [-0.25, -0.2) is 11.2 Å². The largest absolute Gasteiger partial charge is 0.370 e. The Morgan fingerprint density at radius 2 is 2.26 bits per heavy atom. The van der Waals surface area contributed by atoms with Gasteiger partial charge in [0.25, 0.3) is 8.53 Å². The van der Waals surface area contributed by atoms with E-state index in [0.29, 0.717) is 13.2 Å². The molecule has 23 heavy (non-hydrogen) atoms. The fourth-order valence-corrected chi connectivity index (χ4v) is 6.25. The molecule has 2 rings (SSSR count). The molecule has 0 radical (unpaired) electrons. The fourth-order valence-electron chi connectivity index (χ4n) is 2.93. The van der Waals surface area contributed by atoms with Crippen LogP contribution in [0.15, 0.2) is 0 Å². The van der Waals surface area contributed by atoms with Crippen molar-refractivity contribution in [2.24, 2.45) is 0 Å². The highest BCUT2D eigenvalue weighted by Crippen LogP contribution is 2.57. The summed E-state index contributed by atoms with van der Waals surface area (Å²) in [7, 11) is -1.38. The number of fused-ring (bicyclic) bond motifs is 2. The Hall–Kier alpha value is 0.110. The summed E-state index contributed by atoms with van der Waals surface area (Å²) in [6.45, 7) is 17.4. The summed E-state index contributed by atoms with van der Waals surface area (Å²) >= 11 is 1.68. The van der Waals surface area contributed by atoms with Gasteiger partial charge >= 0.3 is 0 Å². The SMILES string of the molecule is [2H]C[C@]12O[C@H]([3H])[C@H](S[C@H]1C)[C@@H]2OP(OCC[N+]#[C-])N(C(C)C)C(C)C. The van der Waals surface area contributed by atoms with Crippen molar-refractivity contribution in [1.82, 2.24) is 4.67 Å². The topological polar surface area (TPSA) is 35.3 Å². The minimum Gasteiger partial charge on any atom is -0.370 e. The lowest BCUT2D eigenvalue weighted by atomic mass is 9.97. The van der Waals surface area contributed by atoms with Crippen molar-refractivity contribution >= 4 is 20.3 Å². The van der Waals surface area contributed by atoms with Crippen molar-refractivity contribution in [2.45, 2.75) is 75.8 Å². The van der Waals surface area contributed by atoms with Crippen LogP contribution < -0.4 is 0 Å². The highest BCUT2D eigenvalue weighted by Gasteiger charge is 2.59. The maximum atomic E-state index is 8.16. The van der Waals surface area contributed by atoms with Crippen LogP contribution in [0.4, 0.5) is 0 Å². The summed E-state index contributed by atoms with van der Waals surface area (Å²) in [5, 5.41) is 0.0178. The van der Waals surface area contributed by atoms with Crippen molar-refractivity contribution in [2.75, 3.05) is 19.7 Å². The van der Waals surface area contributed by atoms with E-state index < -0.39 is 20.7 Å². The smallest absolute Gasteiger partial charge is 0.259 e. The van der Waals surface area contributed by atoms with E-state index in [1.165, 1.54) is 0 Å². The first-order chi connectivity index (χ1) is 11.8. The van der Waals surface area contributed by atoms with Gasteiger partial charge in [0.15, 0.2) is 0 Å². The van der Waals surface area contributed by atoms with E-state index in [9.17, 15) is 0 Å². The second-order valence-electron chi connectivity index (χ2n) is 6.50. The second-order valence-corrected chi connectivity index (χ2v) is 9.43. The lowest BCUT2D eigenvalue weighted by Crippen LogP contribution is -2.43. The van der Waals surface area contributed by atoms with Crippen LogP contribution in [0.5, 0.6) is 0 Å². The van der Waals surface area contributed by atoms with Gasteiger partial charge in [-0.15, -0.1) is 11.8 Å². The van der Waals surface area contributed by atoms with Crippen LogP contribution >= 0.6 is 20.3 Å². The fraction of sp³-hybridized carbons (Fsp3) is 0.938. The van der Waals surface area contributed by atoms with E-state index in [4.69, 9.17) is 23.1 Å². The van der Waals surface area contributed by atoms with Crippen LogP contribution in [0.2, 0.25) is 0 Å². The Balaban J connectivity index is 2.22. The Bertz CT molecular complexity index is 488. The molecule has 2 saturated heterocycles. The third-order valence-electron chi connectivity index (χ3n) is 4.11. The van der Waals surface area contributed by atoms with E-state index in [0.717, 1.165) is 0 Å². The highest BCUT2D eigenvalue weighted by molar-refractivity contribution is 8.01. The maximum absolute atomic E-state index is 8.16. The predicted octanol–water partition coefficient (Wildman–Crippen LogP) is 3.95. The zero-order valence-corrected chi connectivity index (χ0v) is 16.3. The molecule has 0 amide bonds. The first kappa shape index (κ1) is 16.6. The average molecular weight is 363 g/mol.